The van der Waals surface area contributed by atoms with E-state index in [0.717, 1.165) is 0 Å². The van der Waals surface area contributed by atoms with Gasteiger partial charge in [0.1, 0.15) is 12.6 Å². The zero-order valence-corrected chi connectivity index (χ0v) is 12.8. The molecule has 21 heavy (non-hydrogen) atoms. The van der Waals surface area contributed by atoms with Crippen LogP contribution in [0.25, 0.3) is 0 Å². The number of carbonyl (C=O) groups excluding carboxylic acids is 2. The number of carbonyl (C=O) groups is 3. The number of esters is 1. The summed E-state index contributed by atoms with van der Waals surface area (Å²) in [7, 11) is 2.75. The van der Waals surface area contributed by atoms with Crippen LogP contribution in [0.3, 0.4) is 0 Å². The molecule has 0 aromatic heterocycles. The normalized spacial score (nSPS) is 11.6. The molecule has 0 fully saturated rings. The Morgan fingerprint density at radius 1 is 1.29 bits per heavy atom. The molecule has 0 aromatic carbocycles. The molecule has 0 aliphatic rings. The standard InChI is InChI=1S/C13H24N2O6/c1-4-7-15(9-11(16)21-3)13(19)14-10(12(17)18)6-5-8-20-2/h10H,4-9H2,1-3H3,(H,14,19)(H,17,18). The van der Waals surface area contributed by atoms with E-state index in [0.29, 0.717) is 26.0 Å². The molecule has 0 aliphatic carbocycles. The van der Waals surface area contributed by atoms with Gasteiger partial charge in [-0.1, -0.05) is 6.92 Å². The third kappa shape index (κ3) is 8.13. The first kappa shape index (κ1) is 19.2. The molecule has 122 valence electrons. The highest BCUT2D eigenvalue weighted by atomic mass is 16.5. The van der Waals surface area contributed by atoms with Gasteiger partial charge in [0.2, 0.25) is 0 Å². The molecule has 0 radical (unpaired) electrons. The van der Waals surface area contributed by atoms with Crippen LogP contribution in [-0.2, 0) is 19.1 Å². The summed E-state index contributed by atoms with van der Waals surface area (Å²) < 4.78 is 9.37. The molecule has 0 saturated carbocycles. The van der Waals surface area contributed by atoms with Gasteiger partial charge in [0.05, 0.1) is 7.11 Å². The first-order chi connectivity index (χ1) is 9.96. The second-order valence-corrected chi connectivity index (χ2v) is 4.47. The molecular weight excluding hydrogens is 280 g/mol. The fraction of sp³-hybridized carbons (Fsp3) is 0.769. The summed E-state index contributed by atoms with van der Waals surface area (Å²) in [5.74, 6) is -1.67. The Balaban J connectivity index is 4.58. The van der Waals surface area contributed by atoms with Gasteiger partial charge in [-0.3, -0.25) is 4.79 Å². The Morgan fingerprint density at radius 3 is 2.43 bits per heavy atom. The largest absolute Gasteiger partial charge is 0.480 e. The van der Waals surface area contributed by atoms with E-state index in [-0.39, 0.29) is 13.0 Å². The van der Waals surface area contributed by atoms with E-state index in [9.17, 15) is 14.4 Å². The number of amides is 2. The van der Waals surface area contributed by atoms with Crippen molar-refractivity contribution in [1.29, 1.82) is 0 Å². The van der Waals surface area contributed by atoms with Crippen molar-refractivity contribution in [3.63, 3.8) is 0 Å². The van der Waals surface area contributed by atoms with Gasteiger partial charge >= 0.3 is 18.0 Å². The van der Waals surface area contributed by atoms with Gasteiger partial charge in [-0.05, 0) is 19.3 Å². The number of rotatable bonds is 10. The van der Waals surface area contributed by atoms with Crippen LogP contribution in [0.4, 0.5) is 4.79 Å². The third-order valence-corrected chi connectivity index (χ3v) is 2.77. The molecule has 2 N–H and O–H groups in total. The molecular formula is C13H24N2O6. The zero-order valence-electron chi connectivity index (χ0n) is 12.8. The van der Waals surface area contributed by atoms with Gasteiger partial charge in [0.25, 0.3) is 0 Å². The van der Waals surface area contributed by atoms with Gasteiger partial charge in [-0.2, -0.15) is 0 Å². The molecule has 0 bridgehead atoms. The quantitative estimate of drug-likeness (QED) is 0.449. The van der Waals surface area contributed by atoms with E-state index in [4.69, 9.17) is 9.84 Å². The molecule has 0 aromatic rings. The van der Waals surface area contributed by atoms with E-state index in [2.05, 4.69) is 10.1 Å². The molecule has 8 heteroatoms. The minimum atomic E-state index is -1.12. The highest BCUT2D eigenvalue weighted by molar-refractivity contribution is 5.85. The first-order valence-electron chi connectivity index (χ1n) is 6.80. The average molecular weight is 304 g/mol. The summed E-state index contributed by atoms with van der Waals surface area (Å²) in [6.45, 7) is 2.40. The van der Waals surface area contributed by atoms with Gasteiger partial charge in [0.15, 0.2) is 0 Å². The number of nitrogens with one attached hydrogen (secondary N) is 1. The topological polar surface area (TPSA) is 105 Å². The van der Waals surface area contributed by atoms with Crippen molar-refractivity contribution in [3.05, 3.63) is 0 Å². The molecule has 0 aliphatic heterocycles. The van der Waals surface area contributed by atoms with E-state index >= 15 is 0 Å². The van der Waals surface area contributed by atoms with Crippen molar-refractivity contribution < 1.29 is 29.0 Å². The fourth-order valence-electron chi connectivity index (χ4n) is 1.67. The Bertz CT molecular complexity index is 348. The number of hydrogen-bond donors (Lipinski definition) is 2. The highest BCUT2D eigenvalue weighted by Crippen LogP contribution is 2.01. The summed E-state index contributed by atoms with van der Waals surface area (Å²) >= 11 is 0. The molecule has 0 spiro atoms. The average Bonchev–Trinajstić information content (AvgIpc) is 2.45. The van der Waals surface area contributed by atoms with Crippen LogP contribution >= 0.6 is 0 Å². The predicted molar refractivity (Wildman–Crippen MR) is 74.9 cm³/mol. The summed E-state index contributed by atoms with van der Waals surface area (Å²) in [5, 5.41) is 11.5. The molecule has 1 atom stereocenters. The van der Waals surface area contributed by atoms with Crippen LogP contribution in [-0.4, -0.2) is 67.9 Å². The third-order valence-electron chi connectivity index (χ3n) is 2.77. The van der Waals surface area contributed by atoms with Crippen LogP contribution < -0.4 is 5.32 Å². The number of ether oxygens (including phenoxy) is 2. The van der Waals surface area contributed by atoms with Crippen molar-refractivity contribution in [2.24, 2.45) is 0 Å². The molecule has 0 saturated heterocycles. The molecule has 1 unspecified atom stereocenters. The van der Waals surface area contributed by atoms with E-state index in [1.165, 1.54) is 19.1 Å². The number of nitrogens with zero attached hydrogens (tertiary/aromatic N) is 1. The van der Waals surface area contributed by atoms with Gasteiger partial charge in [-0.15, -0.1) is 0 Å². The lowest BCUT2D eigenvalue weighted by molar-refractivity contribution is -0.141. The molecule has 2 amide bonds. The van der Waals surface area contributed by atoms with Gasteiger partial charge < -0.3 is 24.8 Å². The summed E-state index contributed by atoms with van der Waals surface area (Å²) in [6.07, 6.45) is 1.41. The fourth-order valence-corrected chi connectivity index (χ4v) is 1.67. The molecule has 0 rings (SSSR count). The zero-order chi connectivity index (χ0) is 16.3. The van der Waals surface area contributed by atoms with Crippen LogP contribution in [0.2, 0.25) is 0 Å². The number of carboxylic acid groups (broad SMARTS) is 1. The maximum atomic E-state index is 12.0. The van der Waals surface area contributed by atoms with E-state index < -0.39 is 24.0 Å². The summed E-state index contributed by atoms with van der Waals surface area (Å²) in [6, 6.07) is -1.60. The second kappa shape index (κ2) is 10.9. The van der Waals surface area contributed by atoms with Crippen molar-refractivity contribution in [1.82, 2.24) is 10.2 Å². The number of aliphatic carboxylic acids is 1. The number of methoxy groups -OCH3 is 2. The summed E-state index contributed by atoms with van der Waals surface area (Å²) in [4.78, 5) is 35.7. The van der Waals surface area contributed by atoms with Gasteiger partial charge in [0, 0.05) is 20.3 Å². The first-order valence-corrected chi connectivity index (χ1v) is 6.80. The molecule has 0 heterocycles. The van der Waals surface area contributed by atoms with Crippen LogP contribution in [0, 0.1) is 0 Å². The van der Waals surface area contributed by atoms with Crippen molar-refractivity contribution in [2.45, 2.75) is 32.2 Å². The van der Waals surface area contributed by atoms with E-state index in [1.54, 1.807) is 0 Å². The van der Waals surface area contributed by atoms with Crippen LogP contribution in [0.5, 0.6) is 0 Å². The lowest BCUT2D eigenvalue weighted by atomic mass is 10.1. The SMILES string of the molecule is CCCN(CC(=O)OC)C(=O)NC(CCCOC)C(=O)O. The Morgan fingerprint density at radius 2 is 1.95 bits per heavy atom. The lowest BCUT2D eigenvalue weighted by Crippen LogP contribution is -2.49. The minimum absolute atomic E-state index is 0.208. The monoisotopic (exact) mass is 304 g/mol. The minimum Gasteiger partial charge on any atom is -0.480 e. The Kier molecular flexibility index (Phi) is 9.95. The Labute approximate surface area is 124 Å². The number of carboxylic acids is 1. The smallest absolute Gasteiger partial charge is 0.326 e. The number of urea groups is 1. The number of hydrogen-bond acceptors (Lipinski definition) is 5. The van der Waals surface area contributed by atoms with Crippen LogP contribution in [0.15, 0.2) is 0 Å². The van der Waals surface area contributed by atoms with Gasteiger partial charge in [-0.25, -0.2) is 9.59 Å². The van der Waals surface area contributed by atoms with Crippen molar-refractivity contribution in [3.8, 4) is 0 Å². The van der Waals surface area contributed by atoms with Crippen LogP contribution in [0.1, 0.15) is 26.2 Å². The second-order valence-electron chi connectivity index (χ2n) is 4.47. The maximum absolute atomic E-state index is 12.0. The lowest BCUT2D eigenvalue weighted by Gasteiger charge is -2.23. The highest BCUT2D eigenvalue weighted by Gasteiger charge is 2.23. The maximum Gasteiger partial charge on any atom is 0.326 e. The molecule has 8 nitrogen and oxygen atoms in total. The van der Waals surface area contributed by atoms with Crippen molar-refractivity contribution in [2.75, 3.05) is 33.9 Å². The van der Waals surface area contributed by atoms with Crippen molar-refractivity contribution >= 4 is 18.0 Å². The predicted octanol–water partition coefficient (Wildman–Crippen LogP) is 0.461. The van der Waals surface area contributed by atoms with E-state index in [1.807, 2.05) is 6.92 Å². The Hall–Kier alpha value is -1.83. The summed E-state index contributed by atoms with van der Waals surface area (Å²) in [5.41, 5.74) is 0.